The van der Waals surface area contributed by atoms with Crippen molar-refractivity contribution >= 4 is 17.5 Å². The number of rotatable bonds is 8. The van der Waals surface area contributed by atoms with Crippen LogP contribution in [0.15, 0.2) is 77.4 Å². The molecule has 0 saturated heterocycles. The third-order valence-corrected chi connectivity index (χ3v) is 4.28. The Morgan fingerprint density at radius 3 is 2.46 bits per heavy atom. The highest BCUT2D eigenvalue weighted by Crippen LogP contribution is 2.16. The van der Waals surface area contributed by atoms with E-state index in [0.717, 1.165) is 11.3 Å². The molecule has 2 aromatic carbocycles. The molecule has 3 N–H and O–H groups in total. The topological polar surface area (TPSA) is 83.4 Å². The van der Waals surface area contributed by atoms with Crippen molar-refractivity contribution in [2.75, 3.05) is 11.9 Å². The van der Waals surface area contributed by atoms with Gasteiger partial charge < -0.3 is 15.1 Å². The van der Waals surface area contributed by atoms with Crippen molar-refractivity contribution in [1.82, 2.24) is 10.6 Å². The number of carbonyl (C=O) groups excluding carboxylic acids is 2. The van der Waals surface area contributed by atoms with Crippen molar-refractivity contribution in [2.24, 2.45) is 0 Å². The second-order valence-electron chi connectivity index (χ2n) is 6.38. The molecule has 0 saturated carbocycles. The van der Waals surface area contributed by atoms with E-state index in [0.29, 0.717) is 17.8 Å². The Kier molecular flexibility index (Phi) is 6.59. The van der Waals surface area contributed by atoms with E-state index in [1.807, 2.05) is 43.3 Å². The minimum atomic E-state index is -0.239. The number of nitrogens with one attached hydrogen (secondary N) is 3. The predicted octanol–water partition coefficient (Wildman–Crippen LogP) is 3.50. The SMILES string of the molecule is C[C@@H](NCC(=O)Nc1ccccc1C(=O)NCc1ccccc1)c1ccco1. The number of hydrogen-bond acceptors (Lipinski definition) is 4. The van der Waals surface area contributed by atoms with Gasteiger partial charge in [-0.25, -0.2) is 0 Å². The third-order valence-electron chi connectivity index (χ3n) is 4.28. The van der Waals surface area contributed by atoms with Gasteiger partial charge in [0.15, 0.2) is 0 Å². The summed E-state index contributed by atoms with van der Waals surface area (Å²) in [5.74, 6) is 0.284. The summed E-state index contributed by atoms with van der Waals surface area (Å²) in [5.41, 5.74) is 1.91. The molecule has 0 spiro atoms. The first-order valence-corrected chi connectivity index (χ1v) is 9.11. The average molecular weight is 377 g/mol. The maximum absolute atomic E-state index is 12.6. The molecule has 0 unspecified atom stereocenters. The Bertz CT molecular complexity index is 908. The zero-order chi connectivity index (χ0) is 19.8. The van der Waals surface area contributed by atoms with Crippen LogP contribution in [-0.2, 0) is 11.3 Å². The molecule has 0 bridgehead atoms. The summed E-state index contributed by atoms with van der Waals surface area (Å²) in [6, 6.07) is 20.2. The fourth-order valence-corrected chi connectivity index (χ4v) is 2.74. The second kappa shape index (κ2) is 9.53. The monoisotopic (exact) mass is 377 g/mol. The Morgan fingerprint density at radius 2 is 1.71 bits per heavy atom. The molecule has 0 aliphatic carbocycles. The van der Waals surface area contributed by atoms with Gasteiger partial charge in [0.05, 0.1) is 30.1 Å². The van der Waals surface area contributed by atoms with Crippen LogP contribution in [0.4, 0.5) is 5.69 Å². The Balaban J connectivity index is 1.56. The molecular weight excluding hydrogens is 354 g/mol. The van der Waals surface area contributed by atoms with Gasteiger partial charge in [0.25, 0.3) is 5.91 Å². The standard InChI is InChI=1S/C22H23N3O3/c1-16(20-12-7-13-28-20)23-15-21(26)25-19-11-6-5-10-18(19)22(27)24-14-17-8-3-2-4-9-17/h2-13,16,23H,14-15H2,1H3,(H,24,27)(H,25,26)/t16-/m1/s1. The summed E-state index contributed by atoms with van der Waals surface area (Å²) in [6.45, 7) is 2.43. The van der Waals surface area contributed by atoms with Gasteiger partial charge in [0, 0.05) is 6.54 Å². The van der Waals surface area contributed by atoms with Gasteiger partial charge in [0.2, 0.25) is 5.91 Å². The number of para-hydroxylation sites is 1. The Morgan fingerprint density at radius 1 is 0.964 bits per heavy atom. The number of hydrogen-bond donors (Lipinski definition) is 3. The molecule has 0 aliphatic rings. The molecule has 1 heterocycles. The highest BCUT2D eigenvalue weighted by Gasteiger charge is 2.14. The van der Waals surface area contributed by atoms with Crippen LogP contribution < -0.4 is 16.0 Å². The molecule has 2 amide bonds. The van der Waals surface area contributed by atoms with Crippen molar-refractivity contribution < 1.29 is 14.0 Å². The summed E-state index contributed by atoms with van der Waals surface area (Å²) in [5, 5.41) is 8.77. The van der Waals surface area contributed by atoms with Crippen molar-refractivity contribution in [3.05, 3.63) is 89.9 Å². The van der Waals surface area contributed by atoms with Gasteiger partial charge >= 0.3 is 0 Å². The minimum absolute atomic E-state index is 0.0924. The Labute approximate surface area is 164 Å². The first-order chi connectivity index (χ1) is 13.6. The minimum Gasteiger partial charge on any atom is -0.468 e. The molecule has 6 heteroatoms. The molecule has 0 aliphatic heterocycles. The average Bonchev–Trinajstić information content (AvgIpc) is 3.26. The molecule has 0 radical (unpaired) electrons. The molecule has 144 valence electrons. The van der Waals surface area contributed by atoms with Crippen molar-refractivity contribution in [1.29, 1.82) is 0 Å². The van der Waals surface area contributed by atoms with Crippen molar-refractivity contribution in [3.8, 4) is 0 Å². The van der Waals surface area contributed by atoms with Crippen LogP contribution in [-0.4, -0.2) is 18.4 Å². The van der Waals surface area contributed by atoms with Crippen molar-refractivity contribution in [2.45, 2.75) is 19.5 Å². The first kappa shape index (κ1) is 19.4. The van der Waals surface area contributed by atoms with E-state index in [4.69, 9.17) is 4.42 Å². The number of carbonyl (C=O) groups is 2. The molecule has 3 aromatic rings. The molecule has 28 heavy (non-hydrogen) atoms. The van der Waals surface area contributed by atoms with E-state index in [2.05, 4.69) is 16.0 Å². The highest BCUT2D eigenvalue weighted by atomic mass is 16.3. The zero-order valence-corrected chi connectivity index (χ0v) is 15.6. The maximum atomic E-state index is 12.6. The highest BCUT2D eigenvalue weighted by molar-refractivity contribution is 6.04. The number of benzene rings is 2. The van der Waals surface area contributed by atoms with Crippen LogP contribution in [0.2, 0.25) is 0 Å². The lowest BCUT2D eigenvalue weighted by atomic mass is 10.1. The normalized spacial score (nSPS) is 11.6. The Hall–Kier alpha value is -3.38. The largest absolute Gasteiger partial charge is 0.468 e. The predicted molar refractivity (Wildman–Crippen MR) is 108 cm³/mol. The number of amides is 2. The molecule has 1 aromatic heterocycles. The van der Waals surface area contributed by atoms with E-state index in [1.54, 1.807) is 36.6 Å². The third kappa shape index (κ3) is 5.31. The summed E-state index contributed by atoms with van der Waals surface area (Å²) in [7, 11) is 0. The maximum Gasteiger partial charge on any atom is 0.253 e. The van der Waals surface area contributed by atoms with E-state index >= 15 is 0 Å². The van der Waals surface area contributed by atoms with Gasteiger partial charge in [0.1, 0.15) is 5.76 Å². The lowest BCUT2D eigenvalue weighted by Gasteiger charge is -2.14. The quantitative estimate of drug-likeness (QED) is 0.561. The lowest BCUT2D eigenvalue weighted by Crippen LogP contribution is -2.31. The van der Waals surface area contributed by atoms with Crippen LogP contribution in [0, 0.1) is 0 Å². The van der Waals surface area contributed by atoms with Gasteiger partial charge in [-0.05, 0) is 36.8 Å². The molecule has 6 nitrogen and oxygen atoms in total. The van der Waals surface area contributed by atoms with Gasteiger partial charge in [-0.3, -0.25) is 14.9 Å². The second-order valence-corrected chi connectivity index (χ2v) is 6.38. The van der Waals surface area contributed by atoms with E-state index in [1.165, 1.54) is 0 Å². The summed E-state index contributed by atoms with van der Waals surface area (Å²) < 4.78 is 5.31. The number of anilines is 1. The van der Waals surface area contributed by atoms with Gasteiger partial charge in [-0.2, -0.15) is 0 Å². The summed E-state index contributed by atoms with van der Waals surface area (Å²) in [6.07, 6.45) is 1.60. The smallest absolute Gasteiger partial charge is 0.253 e. The molecular formula is C22H23N3O3. The van der Waals surface area contributed by atoms with Crippen molar-refractivity contribution in [3.63, 3.8) is 0 Å². The fraction of sp³-hybridized carbons (Fsp3) is 0.182. The van der Waals surface area contributed by atoms with E-state index in [9.17, 15) is 9.59 Å². The van der Waals surface area contributed by atoms with Crippen LogP contribution in [0.25, 0.3) is 0 Å². The number of furan rings is 1. The van der Waals surface area contributed by atoms with Gasteiger partial charge in [-0.15, -0.1) is 0 Å². The summed E-state index contributed by atoms with van der Waals surface area (Å²) >= 11 is 0. The van der Waals surface area contributed by atoms with Gasteiger partial charge in [-0.1, -0.05) is 42.5 Å². The van der Waals surface area contributed by atoms with E-state index in [-0.39, 0.29) is 24.4 Å². The van der Waals surface area contributed by atoms with Crippen LogP contribution in [0.5, 0.6) is 0 Å². The van der Waals surface area contributed by atoms with Crippen LogP contribution in [0.3, 0.4) is 0 Å². The molecule has 3 rings (SSSR count). The molecule has 1 atom stereocenters. The summed E-state index contributed by atoms with van der Waals surface area (Å²) in [4.78, 5) is 24.9. The fourth-order valence-electron chi connectivity index (χ4n) is 2.74. The molecule has 0 fully saturated rings. The first-order valence-electron chi connectivity index (χ1n) is 9.11. The lowest BCUT2D eigenvalue weighted by molar-refractivity contribution is -0.115. The van der Waals surface area contributed by atoms with Crippen LogP contribution >= 0.6 is 0 Å². The van der Waals surface area contributed by atoms with Crippen LogP contribution in [0.1, 0.15) is 34.6 Å². The van der Waals surface area contributed by atoms with E-state index < -0.39 is 0 Å². The zero-order valence-electron chi connectivity index (χ0n) is 15.6.